The molecule has 3 atom stereocenters. The van der Waals surface area contributed by atoms with Crippen molar-refractivity contribution >= 4 is 46.0 Å². The van der Waals surface area contributed by atoms with E-state index in [1.54, 1.807) is 24.3 Å². The number of amides is 4. The molecule has 1 aromatic heterocycles. The number of benzene rings is 2. The molecule has 12 heteroatoms. The van der Waals surface area contributed by atoms with E-state index >= 15 is 0 Å². The fourth-order valence-corrected chi connectivity index (χ4v) is 7.62. The van der Waals surface area contributed by atoms with Crippen LogP contribution in [0, 0.1) is 24.5 Å². The molecule has 0 bridgehead atoms. The highest BCUT2D eigenvalue weighted by molar-refractivity contribution is 6.38. The molecule has 1 saturated carbocycles. The number of nitrogens with one attached hydrogen (secondary N) is 3. The van der Waals surface area contributed by atoms with Crippen LogP contribution in [0.1, 0.15) is 80.4 Å². The lowest BCUT2D eigenvalue weighted by Crippen LogP contribution is -2.55. The fraction of sp³-hybridized carbons (Fsp3) is 0.472. The van der Waals surface area contributed by atoms with Crippen molar-refractivity contribution in [3.63, 3.8) is 0 Å². The maximum Gasteiger partial charge on any atom is 0.289 e. The number of H-pyrrole nitrogens is 1. The Morgan fingerprint density at radius 3 is 2.48 bits per heavy atom. The van der Waals surface area contributed by atoms with Gasteiger partial charge in [-0.15, -0.1) is 0 Å². The summed E-state index contributed by atoms with van der Waals surface area (Å²) in [7, 11) is 1.44. The van der Waals surface area contributed by atoms with Crippen molar-refractivity contribution in [1.29, 1.82) is 0 Å². The maximum atomic E-state index is 14.7. The zero-order valence-corrected chi connectivity index (χ0v) is 27.6. The molecule has 10 nitrogen and oxygen atoms in total. The molecule has 2 fully saturated rings. The number of para-hydroxylation sites is 1. The molecule has 3 aromatic rings. The molecule has 1 aliphatic carbocycles. The fourth-order valence-electron chi connectivity index (χ4n) is 7.62. The number of fused-ring (bicyclic) bond motifs is 3. The summed E-state index contributed by atoms with van der Waals surface area (Å²) in [5.41, 5.74) is 0.204. The van der Waals surface area contributed by atoms with E-state index in [2.05, 4.69) is 15.6 Å². The smallest absolute Gasteiger partial charge is 0.289 e. The van der Waals surface area contributed by atoms with Gasteiger partial charge in [0.1, 0.15) is 29.4 Å². The third-order valence-corrected chi connectivity index (χ3v) is 10.3. The second-order valence-corrected chi connectivity index (χ2v) is 13.9. The number of aromatic amines is 1. The SMILES string of the molecule is Cc1c(F)cc(F)c2cc(C(=O)N(C)[C@@H](CC(C)C)C(=O)N3C[C@]4(C[C@H]3C(=O)C(=O)NC3CCCCC3)C(=O)Nc3ccccc34)[nH]c12. The Hall–Kier alpha value is -4.61. The summed E-state index contributed by atoms with van der Waals surface area (Å²) in [6.45, 7) is 5.08. The Labute approximate surface area is 277 Å². The van der Waals surface area contributed by atoms with Crippen LogP contribution in [0.4, 0.5) is 14.5 Å². The van der Waals surface area contributed by atoms with Gasteiger partial charge in [-0.25, -0.2) is 8.78 Å². The van der Waals surface area contributed by atoms with Crippen LogP contribution < -0.4 is 10.6 Å². The van der Waals surface area contributed by atoms with Crippen molar-refractivity contribution in [1.82, 2.24) is 20.1 Å². The number of nitrogens with zero attached hydrogens (tertiary/aromatic N) is 2. The number of aryl methyl sites for hydroxylation is 1. The molecule has 3 N–H and O–H groups in total. The first-order valence-electron chi connectivity index (χ1n) is 16.6. The largest absolute Gasteiger partial charge is 0.350 e. The van der Waals surface area contributed by atoms with E-state index in [4.69, 9.17) is 0 Å². The van der Waals surface area contributed by atoms with Gasteiger partial charge in [-0.1, -0.05) is 51.3 Å². The average Bonchev–Trinajstić information content (AvgIpc) is 3.77. The van der Waals surface area contributed by atoms with E-state index in [1.165, 1.54) is 29.8 Å². The number of likely N-dealkylation sites (N-methyl/N-ethyl adjacent to an activating group) is 1. The van der Waals surface area contributed by atoms with Crippen LogP contribution in [0.25, 0.3) is 10.9 Å². The van der Waals surface area contributed by atoms with Gasteiger partial charge in [0.15, 0.2) is 0 Å². The van der Waals surface area contributed by atoms with E-state index in [-0.39, 0.29) is 59.4 Å². The van der Waals surface area contributed by atoms with Crippen molar-refractivity contribution in [2.45, 2.75) is 89.3 Å². The van der Waals surface area contributed by atoms with E-state index in [1.807, 2.05) is 13.8 Å². The third kappa shape index (κ3) is 5.75. The monoisotopic (exact) mass is 661 g/mol. The number of anilines is 1. The van der Waals surface area contributed by atoms with E-state index in [9.17, 15) is 32.8 Å². The Bertz CT molecular complexity index is 1820. The second-order valence-electron chi connectivity index (χ2n) is 13.9. The lowest BCUT2D eigenvalue weighted by molar-refractivity contribution is -0.146. The first kappa shape index (κ1) is 33.3. The molecule has 3 heterocycles. The van der Waals surface area contributed by atoms with Crippen molar-refractivity contribution in [2.75, 3.05) is 18.9 Å². The minimum atomic E-state index is -1.26. The molecule has 2 aromatic carbocycles. The summed E-state index contributed by atoms with van der Waals surface area (Å²) >= 11 is 0. The van der Waals surface area contributed by atoms with E-state index < -0.39 is 52.6 Å². The molecule has 1 spiro atoms. The molecular weight excluding hydrogens is 620 g/mol. The summed E-state index contributed by atoms with van der Waals surface area (Å²) in [6, 6.07) is 6.67. The third-order valence-electron chi connectivity index (χ3n) is 10.3. The lowest BCUT2D eigenvalue weighted by atomic mass is 9.79. The van der Waals surface area contributed by atoms with Crippen LogP contribution in [0.15, 0.2) is 36.4 Å². The molecule has 254 valence electrons. The highest BCUT2D eigenvalue weighted by atomic mass is 19.1. The van der Waals surface area contributed by atoms with E-state index in [0.717, 1.165) is 38.2 Å². The predicted octanol–water partition coefficient (Wildman–Crippen LogP) is 4.75. The first-order chi connectivity index (χ1) is 22.8. The molecule has 2 aliphatic heterocycles. The van der Waals surface area contributed by atoms with Crippen LogP contribution in [-0.4, -0.2) is 75.9 Å². The Morgan fingerprint density at radius 1 is 1.06 bits per heavy atom. The number of hydrogen-bond acceptors (Lipinski definition) is 5. The number of hydrogen-bond donors (Lipinski definition) is 3. The summed E-state index contributed by atoms with van der Waals surface area (Å²) < 4.78 is 28.9. The molecular formula is C36H41F2N5O5. The topological polar surface area (TPSA) is 132 Å². The molecule has 4 amide bonds. The summed E-state index contributed by atoms with van der Waals surface area (Å²) in [5.74, 6) is -4.84. The normalized spacial score (nSPS) is 21.4. The molecule has 3 aliphatic rings. The van der Waals surface area contributed by atoms with Crippen LogP contribution in [0.3, 0.4) is 0 Å². The molecule has 0 unspecified atom stereocenters. The zero-order valence-electron chi connectivity index (χ0n) is 27.6. The number of carbonyl (C=O) groups is 5. The highest BCUT2D eigenvalue weighted by Gasteiger charge is 2.59. The van der Waals surface area contributed by atoms with Gasteiger partial charge in [0.2, 0.25) is 17.6 Å². The highest BCUT2D eigenvalue weighted by Crippen LogP contribution is 2.47. The number of aromatic nitrogens is 1. The van der Waals surface area contributed by atoms with E-state index in [0.29, 0.717) is 11.3 Å². The standard InChI is InChI=1S/C36H41F2N5O5/c1-19(2)14-28(42(4)33(46)27-15-22-25(38)16-24(37)20(3)30(22)40-27)34(47)43-18-36(23-12-8-9-13-26(23)41-35(36)48)17-29(43)31(44)32(45)39-21-10-6-5-7-11-21/h8-9,12-13,15-16,19,21,28-29,40H,5-7,10-11,14,17-18H2,1-4H3,(H,39,45)(H,41,48)/t28-,29-,36-/m0/s1. The summed E-state index contributed by atoms with van der Waals surface area (Å²) in [5, 5.41) is 5.78. The zero-order chi connectivity index (χ0) is 34.5. The van der Waals surface area contributed by atoms with Crippen LogP contribution in [-0.2, 0) is 24.6 Å². The quantitative estimate of drug-likeness (QED) is 0.300. The Morgan fingerprint density at radius 2 is 1.77 bits per heavy atom. The maximum absolute atomic E-state index is 14.7. The van der Waals surface area contributed by atoms with Crippen LogP contribution in [0.5, 0.6) is 0 Å². The van der Waals surface area contributed by atoms with Crippen molar-refractivity contribution in [3.8, 4) is 0 Å². The van der Waals surface area contributed by atoms with Gasteiger partial charge in [-0.05, 0) is 56.2 Å². The number of carbonyl (C=O) groups excluding carboxylic acids is 5. The van der Waals surface area contributed by atoms with Gasteiger partial charge in [0, 0.05) is 42.3 Å². The Balaban J connectivity index is 1.35. The number of Topliss-reactive ketones (excluding diaryl/α,β-unsaturated/α-hetero) is 1. The predicted molar refractivity (Wildman–Crippen MR) is 175 cm³/mol. The van der Waals surface area contributed by atoms with Gasteiger partial charge in [0.05, 0.1) is 10.9 Å². The van der Waals surface area contributed by atoms with Crippen molar-refractivity contribution in [2.24, 2.45) is 5.92 Å². The van der Waals surface area contributed by atoms with Crippen LogP contribution >= 0.6 is 0 Å². The molecule has 48 heavy (non-hydrogen) atoms. The summed E-state index contributed by atoms with van der Waals surface area (Å²) in [4.78, 5) is 74.9. The number of rotatable bonds is 8. The van der Waals surface area contributed by atoms with Gasteiger partial charge >= 0.3 is 0 Å². The van der Waals surface area contributed by atoms with Gasteiger partial charge in [-0.2, -0.15) is 0 Å². The number of ketones is 1. The van der Waals surface area contributed by atoms with Gasteiger partial charge in [-0.3, -0.25) is 24.0 Å². The lowest BCUT2D eigenvalue weighted by Gasteiger charge is -2.34. The van der Waals surface area contributed by atoms with Gasteiger partial charge < -0.3 is 25.4 Å². The summed E-state index contributed by atoms with van der Waals surface area (Å²) in [6.07, 6.45) is 4.60. The average molecular weight is 662 g/mol. The second kappa shape index (κ2) is 12.8. The minimum absolute atomic E-state index is 0.0388. The first-order valence-corrected chi connectivity index (χ1v) is 16.6. The van der Waals surface area contributed by atoms with Crippen molar-refractivity contribution < 1.29 is 32.8 Å². The molecule has 6 rings (SSSR count). The Kier molecular flexibility index (Phi) is 8.86. The van der Waals surface area contributed by atoms with Gasteiger partial charge in [0.25, 0.3) is 11.8 Å². The molecule has 1 saturated heterocycles. The minimum Gasteiger partial charge on any atom is -0.350 e. The number of halogens is 2. The number of likely N-dealkylation sites (tertiary alicyclic amines) is 1. The molecule has 0 radical (unpaired) electrons. The van der Waals surface area contributed by atoms with Crippen molar-refractivity contribution in [3.05, 3.63) is 64.9 Å². The van der Waals surface area contributed by atoms with Crippen LogP contribution in [0.2, 0.25) is 0 Å².